The van der Waals surface area contributed by atoms with Gasteiger partial charge in [0.1, 0.15) is 0 Å². The molecule has 0 aliphatic rings. The van der Waals surface area contributed by atoms with Crippen molar-refractivity contribution in [3.05, 3.63) is 29.3 Å². The molecule has 0 bridgehead atoms. The Morgan fingerprint density at radius 1 is 1.14 bits per heavy atom. The summed E-state index contributed by atoms with van der Waals surface area (Å²) < 4.78 is 26.6. The van der Waals surface area contributed by atoms with Crippen molar-refractivity contribution in [2.24, 2.45) is 5.41 Å². The summed E-state index contributed by atoms with van der Waals surface area (Å²) in [4.78, 5) is 12.5. The van der Waals surface area contributed by atoms with Crippen molar-refractivity contribution in [3.63, 3.8) is 0 Å². The quantitative estimate of drug-likeness (QED) is 0.607. The molecule has 1 aromatic rings. The lowest BCUT2D eigenvalue weighted by Gasteiger charge is -2.33. The van der Waals surface area contributed by atoms with Gasteiger partial charge < -0.3 is 5.32 Å². The van der Waals surface area contributed by atoms with Gasteiger partial charge in [-0.1, -0.05) is 52.8 Å². The molecule has 0 atom stereocenters. The van der Waals surface area contributed by atoms with Crippen LogP contribution in [0.25, 0.3) is 0 Å². The van der Waals surface area contributed by atoms with E-state index in [1.807, 2.05) is 39.0 Å². The summed E-state index contributed by atoms with van der Waals surface area (Å²) in [6.07, 6.45) is 2.86. The number of sulfonamides is 1. The number of hydrogen-bond acceptors (Lipinski definition) is 3. The highest BCUT2D eigenvalue weighted by Gasteiger charge is 2.27. The van der Waals surface area contributed by atoms with Crippen LogP contribution in [-0.2, 0) is 14.8 Å². The lowest BCUT2D eigenvalue weighted by Crippen LogP contribution is -2.46. The maximum atomic E-state index is 12.5. The first-order valence-electron chi connectivity index (χ1n) is 10.4. The Hall–Kier alpha value is -1.56. The van der Waals surface area contributed by atoms with Gasteiger partial charge in [-0.05, 0) is 56.1 Å². The zero-order chi connectivity index (χ0) is 22.6. The molecule has 6 heteroatoms. The number of carbonyl (C=O) groups is 1. The average molecular weight is 425 g/mol. The maximum absolute atomic E-state index is 12.5. The molecule has 0 spiro atoms. The van der Waals surface area contributed by atoms with E-state index < -0.39 is 10.0 Å². The molecule has 0 aliphatic carbocycles. The molecular formula is C23H40N2O3S. The Morgan fingerprint density at radius 2 is 1.72 bits per heavy atom. The van der Waals surface area contributed by atoms with Gasteiger partial charge in [-0.3, -0.25) is 9.10 Å². The van der Waals surface area contributed by atoms with E-state index in [-0.39, 0.29) is 29.3 Å². The van der Waals surface area contributed by atoms with Gasteiger partial charge in [0.2, 0.25) is 15.9 Å². The zero-order valence-electron chi connectivity index (χ0n) is 19.7. The van der Waals surface area contributed by atoms with E-state index in [1.54, 1.807) is 0 Å². The number of carbonyl (C=O) groups excluding carboxylic acids is 1. The smallest absolute Gasteiger partial charge is 0.232 e. The van der Waals surface area contributed by atoms with Crippen molar-refractivity contribution in [2.45, 2.75) is 86.1 Å². The average Bonchev–Trinajstić information content (AvgIpc) is 2.47. The number of nitrogens with zero attached hydrogens (tertiary/aromatic N) is 1. The summed E-state index contributed by atoms with van der Waals surface area (Å²) >= 11 is 0. The van der Waals surface area contributed by atoms with Gasteiger partial charge in [-0.15, -0.1) is 0 Å². The first-order chi connectivity index (χ1) is 13.0. The van der Waals surface area contributed by atoms with Crippen molar-refractivity contribution in [2.75, 3.05) is 17.1 Å². The molecule has 166 valence electrons. The third-order valence-electron chi connectivity index (χ3n) is 4.76. The molecule has 0 aromatic heterocycles. The zero-order valence-corrected chi connectivity index (χ0v) is 20.5. The molecule has 1 rings (SSSR count). The summed E-state index contributed by atoms with van der Waals surface area (Å²) in [5, 5.41) is 3.10. The van der Waals surface area contributed by atoms with Crippen molar-refractivity contribution in [1.82, 2.24) is 5.32 Å². The fourth-order valence-electron chi connectivity index (χ4n) is 4.12. The lowest BCUT2D eigenvalue weighted by molar-refractivity contribution is -0.123. The van der Waals surface area contributed by atoms with Crippen molar-refractivity contribution in [3.8, 4) is 0 Å². The van der Waals surface area contributed by atoms with Crippen molar-refractivity contribution >= 4 is 21.6 Å². The van der Waals surface area contributed by atoms with Crippen LogP contribution >= 0.6 is 0 Å². The Balaban J connectivity index is 2.91. The van der Waals surface area contributed by atoms with Gasteiger partial charge in [0.05, 0.1) is 11.9 Å². The topological polar surface area (TPSA) is 66.5 Å². The highest BCUT2D eigenvalue weighted by atomic mass is 32.2. The molecule has 1 N–H and O–H groups in total. The number of hydrogen-bond donors (Lipinski definition) is 1. The second-order valence-electron chi connectivity index (χ2n) is 10.3. The molecule has 0 radical (unpaired) electrons. The van der Waals surface area contributed by atoms with E-state index in [0.717, 1.165) is 23.2 Å². The molecule has 0 aliphatic heterocycles. The van der Waals surface area contributed by atoms with Crippen LogP contribution in [0.2, 0.25) is 0 Å². The number of nitrogens with one attached hydrogen (secondary N) is 1. The second kappa shape index (κ2) is 9.50. The van der Waals surface area contributed by atoms with E-state index in [0.29, 0.717) is 12.8 Å². The molecular weight excluding hydrogens is 384 g/mol. The molecule has 1 amide bonds. The monoisotopic (exact) mass is 424 g/mol. The Kier molecular flexibility index (Phi) is 8.35. The minimum absolute atomic E-state index is 0.0402. The Labute approximate surface area is 178 Å². The van der Waals surface area contributed by atoms with Gasteiger partial charge in [0.25, 0.3) is 0 Å². The van der Waals surface area contributed by atoms with Crippen LogP contribution in [0.5, 0.6) is 0 Å². The maximum Gasteiger partial charge on any atom is 0.232 e. The van der Waals surface area contributed by atoms with Crippen LogP contribution in [0.1, 0.15) is 84.8 Å². The molecule has 0 saturated heterocycles. The van der Waals surface area contributed by atoms with E-state index >= 15 is 0 Å². The van der Waals surface area contributed by atoms with Crippen LogP contribution in [0.15, 0.2) is 18.2 Å². The van der Waals surface area contributed by atoms with Crippen LogP contribution < -0.4 is 9.62 Å². The largest absolute Gasteiger partial charge is 0.351 e. The number of aryl methyl sites for hydroxylation is 1. The van der Waals surface area contributed by atoms with Crippen molar-refractivity contribution in [1.29, 1.82) is 0 Å². The first-order valence-corrected chi connectivity index (χ1v) is 12.3. The van der Waals surface area contributed by atoms with Gasteiger partial charge in [-0.25, -0.2) is 8.42 Å². The minimum Gasteiger partial charge on any atom is -0.351 e. The number of anilines is 1. The third-order valence-corrected chi connectivity index (χ3v) is 5.92. The van der Waals surface area contributed by atoms with Crippen LogP contribution in [0.4, 0.5) is 5.69 Å². The number of amides is 1. The molecule has 0 unspecified atom stereocenters. The van der Waals surface area contributed by atoms with Crippen molar-refractivity contribution < 1.29 is 13.2 Å². The summed E-state index contributed by atoms with van der Waals surface area (Å²) in [6, 6.07) is 5.87. The highest BCUT2D eigenvalue weighted by Crippen LogP contribution is 2.32. The normalized spacial score (nSPS) is 12.9. The van der Waals surface area contributed by atoms with E-state index in [4.69, 9.17) is 0 Å². The molecule has 0 saturated carbocycles. The van der Waals surface area contributed by atoms with Crippen LogP contribution in [0, 0.1) is 12.3 Å². The van der Waals surface area contributed by atoms with Gasteiger partial charge in [0, 0.05) is 18.5 Å². The van der Waals surface area contributed by atoms with E-state index in [1.165, 1.54) is 10.6 Å². The fourth-order valence-corrected chi connectivity index (χ4v) is 5.17. The van der Waals surface area contributed by atoms with Gasteiger partial charge in [0.15, 0.2) is 0 Å². The fraction of sp³-hybridized carbons (Fsp3) is 0.696. The first kappa shape index (κ1) is 25.5. The van der Waals surface area contributed by atoms with E-state index in [2.05, 4.69) is 39.9 Å². The summed E-state index contributed by atoms with van der Waals surface area (Å²) in [6.45, 7) is 16.9. The number of para-hydroxylation sites is 1. The predicted octanol–water partition coefficient (Wildman–Crippen LogP) is 5.00. The highest BCUT2D eigenvalue weighted by molar-refractivity contribution is 7.92. The number of rotatable bonds is 9. The van der Waals surface area contributed by atoms with Crippen LogP contribution in [0.3, 0.4) is 0 Å². The predicted molar refractivity (Wildman–Crippen MR) is 123 cm³/mol. The summed E-state index contributed by atoms with van der Waals surface area (Å²) in [5.74, 6) is 0.164. The summed E-state index contributed by atoms with van der Waals surface area (Å²) in [7, 11) is -3.45. The summed E-state index contributed by atoms with van der Waals surface area (Å²) in [5.41, 5.74) is 2.50. The van der Waals surface area contributed by atoms with Gasteiger partial charge in [-0.2, -0.15) is 0 Å². The second-order valence-corrected chi connectivity index (χ2v) is 12.2. The third kappa shape index (κ3) is 8.37. The Morgan fingerprint density at radius 3 is 2.21 bits per heavy atom. The SMILES string of the molecule is Cc1cccc(C(C)C)c1N(CCCC(=O)NC(C)(C)CC(C)(C)C)S(C)(=O)=O. The lowest BCUT2D eigenvalue weighted by atomic mass is 9.82. The molecule has 1 aromatic carbocycles. The van der Waals surface area contributed by atoms with Gasteiger partial charge >= 0.3 is 0 Å². The molecule has 0 heterocycles. The van der Waals surface area contributed by atoms with E-state index in [9.17, 15) is 13.2 Å². The molecule has 5 nitrogen and oxygen atoms in total. The molecule has 29 heavy (non-hydrogen) atoms. The van der Waals surface area contributed by atoms with Crippen LogP contribution in [-0.4, -0.2) is 32.7 Å². The standard InChI is InChI=1S/C23H40N2O3S/c1-17(2)19-13-10-12-18(3)21(19)25(29(9,27)28)15-11-14-20(26)24-23(7,8)16-22(4,5)6/h10,12-13,17H,11,14-16H2,1-9H3,(H,24,26). The minimum atomic E-state index is -3.45. The molecule has 0 fully saturated rings. The number of benzene rings is 1. The Bertz CT molecular complexity index is 806.